The molecule has 6 nitrogen and oxygen atoms in total. The number of ether oxygens (including phenoxy) is 1. The van der Waals surface area contributed by atoms with E-state index in [1.807, 2.05) is 50.2 Å². The number of nitrogens with zero attached hydrogens (tertiary/aromatic N) is 2. The van der Waals surface area contributed by atoms with Crippen LogP contribution in [-0.2, 0) is 6.54 Å². The van der Waals surface area contributed by atoms with E-state index in [-0.39, 0.29) is 23.3 Å². The number of thiophene rings is 1. The van der Waals surface area contributed by atoms with E-state index in [0.717, 1.165) is 15.3 Å². The van der Waals surface area contributed by atoms with E-state index in [1.54, 1.807) is 17.7 Å². The van der Waals surface area contributed by atoms with Crippen molar-refractivity contribution < 1.29 is 4.74 Å². The SMILES string of the molecule is Cc1nc2sc(-c3ccccc3)cc2c(=O)n1Cc1cc(=O)c(OCC(C)C)c[nH]1. The highest BCUT2D eigenvalue weighted by Crippen LogP contribution is 2.30. The van der Waals surface area contributed by atoms with Crippen LogP contribution in [0.5, 0.6) is 5.75 Å². The van der Waals surface area contributed by atoms with E-state index in [4.69, 9.17) is 4.74 Å². The zero-order chi connectivity index (χ0) is 21.3. The summed E-state index contributed by atoms with van der Waals surface area (Å²) >= 11 is 1.51. The summed E-state index contributed by atoms with van der Waals surface area (Å²) in [6.07, 6.45) is 1.56. The Bertz CT molecular complexity index is 1300. The van der Waals surface area contributed by atoms with Crippen LogP contribution in [0.15, 0.2) is 58.3 Å². The van der Waals surface area contributed by atoms with Gasteiger partial charge in [-0.2, -0.15) is 0 Å². The molecule has 1 N–H and O–H groups in total. The second-order valence-electron chi connectivity index (χ2n) is 7.64. The Hall–Kier alpha value is -3.19. The van der Waals surface area contributed by atoms with Gasteiger partial charge in [0.1, 0.15) is 10.7 Å². The number of rotatable bonds is 6. The lowest BCUT2D eigenvalue weighted by molar-refractivity contribution is 0.267. The van der Waals surface area contributed by atoms with Crippen molar-refractivity contribution in [3.05, 3.63) is 80.8 Å². The third-order valence-corrected chi connectivity index (χ3v) is 5.82. The topological polar surface area (TPSA) is 77.0 Å². The molecular formula is C23H23N3O3S. The first-order chi connectivity index (χ1) is 14.4. The Morgan fingerprint density at radius 3 is 2.63 bits per heavy atom. The monoisotopic (exact) mass is 421 g/mol. The van der Waals surface area contributed by atoms with Crippen LogP contribution in [0.4, 0.5) is 0 Å². The standard InChI is InChI=1S/C23H23N3O3S/c1-14(2)13-29-20-11-24-17(9-19(20)27)12-26-15(3)25-22-18(23(26)28)10-21(30-22)16-7-5-4-6-8-16/h4-11,14H,12-13H2,1-3H3,(H,24,27). The lowest BCUT2D eigenvalue weighted by atomic mass is 10.2. The number of aromatic amines is 1. The Balaban J connectivity index is 1.67. The molecular weight excluding hydrogens is 398 g/mol. The van der Waals surface area contributed by atoms with E-state index in [9.17, 15) is 9.59 Å². The van der Waals surface area contributed by atoms with Gasteiger partial charge in [-0.3, -0.25) is 14.2 Å². The predicted octanol–water partition coefficient (Wildman–Crippen LogP) is 4.20. The van der Waals surface area contributed by atoms with Crippen LogP contribution in [0.3, 0.4) is 0 Å². The van der Waals surface area contributed by atoms with Gasteiger partial charge in [0.15, 0.2) is 5.75 Å². The molecule has 4 rings (SSSR count). The van der Waals surface area contributed by atoms with Crippen molar-refractivity contribution in [3.8, 4) is 16.2 Å². The molecule has 0 radical (unpaired) electrons. The molecule has 0 unspecified atom stereocenters. The molecule has 0 aliphatic rings. The van der Waals surface area contributed by atoms with Crippen LogP contribution >= 0.6 is 11.3 Å². The molecule has 1 aromatic carbocycles. The van der Waals surface area contributed by atoms with Crippen molar-refractivity contribution >= 4 is 21.6 Å². The molecule has 30 heavy (non-hydrogen) atoms. The fourth-order valence-electron chi connectivity index (χ4n) is 3.18. The Kier molecular flexibility index (Phi) is 5.55. The Morgan fingerprint density at radius 1 is 1.17 bits per heavy atom. The summed E-state index contributed by atoms with van der Waals surface area (Å²) in [5.74, 6) is 1.22. The van der Waals surface area contributed by atoms with E-state index in [0.29, 0.717) is 29.4 Å². The number of pyridine rings is 1. The highest BCUT2D eigenvalue weighted by Gasteiger charge is 2.14. The zero-order valence-electron chi connectivity index (χ0n) is 17.1. The largest absolute Gasteiger partial charge is 0.488 e. The maximum atomic E-state index is 13.1. The van der Waals surface area contributed by atoms with Gasteiger partial charge in [0.2, 0.25) is 5.43 Å². The maximum Gasteiger partial charge on any atom is 0.262 e. The Labute approximate surface area is 177 Å². The zero-order valence-corrected chi connectivity index (χ0v) is 18.0. The van der Waals surface area contributed by atoms with Crippen LogP contribution < -0.4 is 15.7 Å². The third kappa shape index (κ3) is 4.07. The van der Waals surface area contributed by atoms with E-state index in [1.165, 1.54) is 17.4 Å². The number of benzene rings is 1. The molecule has 0 saturated carbocycles. The molecule has 0 aliphatic heterocycles. The van der Waals surface area contributed by atoms with Crippen LogP contribution in [0, 0.1) is 12.8 Å². The van der Waals surface area contributed by atoms with Crippen molar-refractivity contribution in [1.82, 2.24) is 14.5 Å². The summed E-state index contributed by atoms with van der Waals surface area (Å²) in [4.78, 5) is 34.9. The second-order valence-corrected chi connectivity index (χ2v) is 8.67. The fraction of sp³-hybridized carbons (Fsp3) is 0.261. The average molecular weight is 422 g/mol. The molecule has 154 valence electrons. The van der Waals surface area contributed by atoms with Crippen molar-refractivity contribution in [2.24, 2.45) is 5.92 Å². The number of nitrogens with one attached hydrogen (secondary N) is 1. The first-order valence-corrected chi connectivity index (χ1v) is 10.6. The predicted molar refractivity (Wildman–Crippen MR) is 121 cm³/mol. The summed E-state index contributed by atoms with van der Waals surface area (Å²) < 4.78 is 7.12. The van der Waals surface area contributed by atoms with Gasteiger partial charge >= 0.3 is 0 Å². The summed E-state index contributed by atoms with van der Waals surface area (Å²) in [5.41, 5.74) is 1.37. The molecule has 3 heterocycles. The van der Waals surface area contributed by atoms with Crippen LogP contribution in [0.2, 0.25) is 0 Å². The average Bonchev–Trinajstić information content (AvgIpc) is 3.15. The van der Waals surface area contributed by atoms with Crippen molar-refractivity contribution in [3.63, 3.8) is 0 Å². The van der Waals surface area contributed by atoms with Crippen LogP contribution in [0.1, 0.15) is 25.4 Å². The summed E-state index contributed by atoms with van der Waals surface area (Å²) in [6.45, 7) is 6.57. The van der Waals surface area contributed by atoms with Gasteiger partial charge in [-0.1, -0.05) is 44.2 Å². The second kappa shape index (κ2) is 8.28. The van der Waals surface area contributed by atoms with Gasteiger partial charge in [0, 0.05) is 22.8 Å². The first kappa shape index (κ1) is 20.1. The van der Waals surface area contributed by atoms with Gasteiger partial charge in [-0.25, -0.2) is 4.98 Å². The number of fused-ring (bicyclic) bond motifs is 1. The number of aromatic nitrogens is 3. The number of aryl methyl sites for hydroxylation is 1. The van der Waals surface area contributed by atoms with E-state index >= 15 is 0 Å². The molecule has 0 bridgehead atoms. The Morgan fingerprint density at radius 2 is 1.93 bits per heavy atom. The smallest absolute Gasteiger partial charge is 0.262 e. The maximum absolute atomic E-state index is 13.1. The van der Waals surface area contributed by atoms with Crippen molar-refractivity contribution in [2.45, 2.75) is 27.3 Å². The minimum Gasteiger partial charge on any atom is -0.488 e. The number of hydrogen-bond acceptors (Lipinski definition) is 5. The molecule has 0 saturated heterocycles. The van der Waals surface area contributed by atoms with E-state index in [2.05, 4.69) is 9.97 Å². The molecule has 0 fully saturated rings. The van der Waals surface area contributed by atoms with Gasteiger partial charge in [-0.15, -0.1) is 11.3 Å². The van der Waals surface area contributed by atoms with Gasteiger partial charge in [-0.05, 0) is 24.5 Å². The quantitative estimate of drug-likeness (QED) is 0.506. The summed E-state index contributed by atoms with van der Waals surface area (Å²) in [6, 6.07) is 13.3. The van der Waals surface area contributed by atoms with Gasteiger partial charge < -0.3 is 9.72 Å². The molecule has 0 aliphatic carbocycles. The van der Waals surface area contributed by atoms with Crippen molar-refractivity contribution in [1.29, 1.82) is 0 Å². The number of hydrogen-bond donors (Lipinski definition) is 1. The fourth-order valence-corrected chi connectivity index (χ4v) is 4.25. The minimum atomic E-state index is -0.203. The minimum absolute atomic E-state index is 0.114. The molecule has 0 atom stereocenters. The summed E-state index contributed by atoms with van der Waals surface area (Å²) in [7, 11) is 0. The highest BCUT2D eigenvalue weighted by molar-refractivity contribution is 7.21. The summed E-state index contributed by atoms with van der Waals surface area (Å²) in [5, 5.41) is 0.587. The van der Waals surface area contributed by atoms with Crippen molar-refractivity contribution in [2.75, 3.05) is 6.61 Å². The number of H-pyrrole nitrogens is 1. The third-order valence-electron chi connectivity index (χ3n) is 4.74. The molecule has 0 amide bonds. The van der Waals surface area contributed by atoms with E-state index < -0.39 is 0 Å². The van der Waals surface area contributed by atoms with Crippen LogP contribution in [-0.4, -0.2) is 21.1 Å². The molecule has 7 heteroatoms. The highest BCUT2D eigenvalue weighted by atomic mass is 32.1. The first-order valence-electron chi connectivity index (χ1n) is 9.83. The lowest BCUT2D eigenvalue weighted by Gasteiger charge is -2.11. The normalized spacial score (nSPS) is 11.3. The molecule has 0 spiro atoms. The molecule has 3 aromatic heterocycles. The molecule has 4 aromatic rings. The van der Waals surface area contributed by atoms with Gasteiger partial charge in [0.05, 0.1) is 18.5 Å². The van der Waals surface area contributed by atoms with Crippen LogP contribution in [0.25, 0.3) is 20.7 Å². The lowest BCUT2D eigenvalue weighted by Crippen LogP contribution is -2.25. The van der Waals surface area contributed by atoms with Gasteiger partial charge in [0.25, 0.3) is 5.56 Å².